The molecule has 0 unspecified atom stereocenters. The standard InChI is InChI=1S/C8H8N4O2/c1-5-6(7(13)14)11-8(10-5)12-4-2-3-9-12/h2-4H,1H3,(H,10,11)(H,13,14). The van der Waals surface area contributed by atoms with Crippen LogP contribution in [0.4, 0.5) is 0 Å². The van der Waals surface area contributed by atoms with Crippen LogP contribution in [-0.2, 0) is 0 Å². The van der Waals surface area contributed by atoms with Gasteiger partial charge < -0.3 is 10.1 Å². The number of nitrogens with one attached hydrogen (secondary N) is 1. The third-order valence-electron chi connectivity index (χ3n) is 1.80. The number of aryl methyl sites for hydroxylation is 1. The number of carboxylic acids is 1. The minimum atomic E-state index is -1.04. The fraction of sp³-hybridized carbons (Fsp3) is 0.125. The number of hydrogen-bond donors (Lipinski definition) is 2. The lowest BCUT2D eigenvalue weighted by Crippen LogP contribution is -2.00. The van der Waals surface area contributed by atoms with Gasteiger partial charge in [-0.05, 0) is 13.0 Å². The van der Waals surface area contributed by atoms with Gasteiger partial charge in [0, 0.05) is 18.1 Å². The number of H-pyrrole nitrogens is 1. The van der Waals surface area contributed by atoms with Gasteiger partial charge in [-0.25, -0.2) is 14.5 Å². The second kappa shape index (κ2) is 2.99. The summed E-state index contributed by atoms with van der Waals surface area (Å²) in [4.78, 5) is 17.4. The Balaban J connectivity index is 2.48. The topological polar surface area (TPSA) is 83.8 Å². The number of carbonyl (C=O) groups is 1. The van der Waals surface area contributed by atoms with Gasteiger partial charge in [-0.2, -0.15) is 5.10 Å². The van der Waals surface area contributed by atoms with Crippen LogP contribution in [0.2, 0.25) is 0 Å². The van der Waals surface area contributed by atoms with E-state index in [1.54, 1.807) is 25.4 Å². The zero-order valence-electron chi connectivity index (χ0n) is 7.43. The van der Waals surface area contributed by atoms with Crippen LogP contribution in [-0.4, -0.2) is 30.8 Å². The van der Waals surface area contributed by atoms with Gasteiger partial charge in [0.2, 0.25) is 5.95 Å². The zero-order valence-corrected chi connectivity index (χ0v) is 7.43. The Kier molecular flexibility index (Phi) is 1.81. The van der Waals surface area contributed by atoms with Crippen LogP contribution in [0.5, 0.6) is 0 Å². The zero-order chi connectivity index (χ0) is 10.1. The lowest BCUT2D eigenvalue weighted by molar-refractivity contribution is 0.0690. The second-order valence-corrected chi connectivity index (χ2v) is 2.79. The summed E-state index contributed by atoms with van der Waals surface area (Å²) in [6, 6.07) is 1.73. The van der Waals surface area contributed by atoms with E-state index in [9.17, 15) is 4.79 Å². The van der Waals surface area contributed by atoms with Gasteiger partial charge in [0.15, 0.2) is 5.69 Å². The van der Waals surface area contributed by atoms with Crippen LogP contribution in [0.15, 0.2) is 18.5 Å². The van der Waals surface area contributed by atoms with Crippen molar-refractivity contribution in [2.75, 3.05) is 0 Å². The molecule has 0 spiro atoms. The monoisotopic (exact) mass is 192 g/mol. The Morgan fingerprint density at radius 2 is 2.43 bits per heavy atom. The van der Waals surface area contributed by atoms with Crippen molar-refractivity contribution < 1.29 is 9.90 Å². The SMILES string of the molecule is Cc1[nH]c(-n2cccn2)nc1C(=O)O. The summed E-state index contributed by atoms with van der Waals surface area (Å²) in [6.45, 7) is 1.66. The average Bonchev–Trinajstić information content (AvgIpc) is 2.70. The number of imidazole rings is 1. The molecule has 0 radical (unpaired) electrons. The maximum Gasteiger partial charge on any atom is 0.356 e. The molecule has 0 aliphatic carbocycles. The summed E-state index contributed by atoms with van der Waals surface area (Å²) in [7, 11) is 0. The molecule has 2 aromatic heterocycles. The summed E-state index contributed by atoms with van der Waals surface area (Å²) < 4.78 is 1.47. The Bertz CT molecular complexity index is 458. The quantitative estimate of drug-likeness (QED) is 0.729. The van der Waals surface area contributed by atoms with Crippen molar-refractivity contribution >= 4 is 5.97 Å². The Labute approximate surface area is 79.2 Å². The van der Waals surface area contributed by atoms with E-state index in [0.717, 1.165) is 0 Å². The molecule has 6 heteroatoms. The number of rotatable bonds is 2. The van der Waals surface area contributed by atoms with E-state index in [-0.39, 0.29) is 5.69 Å². The first kappa shape index (κ1) is 8.49. The maximum absolute atomic E-state index is 10.7. The van der Waals surface area contributed by atoms with E-state index >= 15 is 0 Å². The van der Waals surface area contributed by atoms with Crippen LogP contribution in [0.1, 0.15) is 16.2 Å². The number of carboxylic acid groups (broad SMARTS) is 1. The molecule has 2 heterocycles. The molecular weight excluding hydrogens is 184 g/mol. The van der Waals surface area contributed by atoms with Gasteiger partial charge in [-0.3, -0.25) is 0 Å². The van der Waals surface area contributed by atoms with Crippen molar-refractivity contribution in [3.63, 3.8) is 0 Å². The predicted octanol–water partition coefficient (Wildman–Crippen LogP) is 0.602. The smallest absolute Gasteiger partial charge is 0.356 e. The van der Waals surface area contributed by atoms with Crippen LogP contribution < -0.4 is 0 Å². The summed E-state index contributed by atoms with van der Waals surface area (Å²) >= 11 is 0. The van der Waals surface area contributed by atoms with Gasteiger partial charge in [-0.1, -0.05) is 0 Å². The van der Waals surface area contributed by atoms with Crippen LogP contribution in [0, 0.1) is 6.92 Å². The molecule has 0 aliphatic heterocycles. The molecule has 72 valence electrons. The van der Waals surface area contributed by atoms with Gasteiger partial charge >= 0.3 is 5.97 Å². The third kappa shape index (κ3) is 1.26. The number of aromatic carboxylic acids is 1. The average molecular weight is 192 g/mol. The first-order chi connectivity index (χ1) is 6.68. The van der Waals surface area contributed by atoms with Crippen LogP contribution in [0.25, 0.3) is 5.95 Å². The summed E-state index contributed by atoms with van der Waals surface area (Å²) in [5.41, 5.74) is 0.540. The lowest BCUT2D eigenvalue weighted by Gasteiger charge is -1.91. The molecule has 0 fully saturated rings. The molecule has 0 aliphatic rings. The summed E-state index contributed by atoms with van der Waals surface area (Å²) in [5, 5.41) is 12.7. The Morgan fingerprint density at radius 3 is 2.93 bits per heavy atom. The van der Waals surface area contributed by atoms with Crippen molar-refractivity contribution in [2.24, 2.45) is 0 Å². The van der Waals surface area contributed by atoms with Gasteiger partial charge in [0.25, 0.3) is 0 Å². The maximum atomic E-state index is 10.7. The molecule has 6 nitrogen and oxygen atoms in total. The highest BCUT2D eigenvalue weighted by Gasteiger charge is 2.13. The van der Waals surface area contributed by atoms with Crippen LogP contribution in [0.3, 0.4) is 0 Å². The summed E-state index contributed by atoms with van der Waals surface area (Å²) in [5.74, 6) is -0.637. The van der Waals surface area contributed by atoms with E-state index in [0.29, 0.717) is 11.6 Å². The Hall–Kier alpha value is -2.11. The highest BCUT2D eigenvalue weighted by molar-refractivity contribution is 5.86. The summed E-state index contributed by atoms with van der Waals surface area (Å²) in [6.07, 6.45) is 3.28. The molecule has 2 rings (SSSR count). The van der Waals surface area contributed by atoms with E-state index < -0.39 is 5.97 Å². The van der Waals surface area contributed by atoms with Crippen molar-refractivity contribution in [2.45, 2.75) is 6.92 Å². The Morgan fingerprint density at radius 1 is 1.64 bits per heavy atom. The van der Waals surface area contributed by atoms with Crippen LogP contribution >= 0.6 is 0 Å². The minimum Gasteiger partial charge on any atom is -0.476 e. The van der Waals surface area contributed by atoms with Crippen molar-refractivity contribution in [1.82, 2.24) is 19.7 Å². The largest absolute Gasteiger partial charge is 0.476 e. The fourth-order valence-electron chi connectivity index (χ4n) is 1.16. The molecule has 0 bridgehead atoms. The van der Waals surface area contributed by atoms with Crippen molar-refractivity contribution in [3.8, 4) is 5.95 Å². The number of aromatic nitrogens is 4. The lowest BCUT2D eigenvalue weighted by atomic mass is 10.4. The van der Waals surface area contributed by atoms with E-state index in [1.807, 2.05) is 0 Å². The van der Waals surface area contributed by atoms with Crippen molar-refractivity contribution in [1.29, 1.82) is 0 Å². The third-order valence-corrected chi connectivity index (χ3v) is 1.80. The van der Waals surface area contributed by atoms with Crippen molar-refractivity contribution in [3.05, 3.63) is 29.8 Å². The normalized spacial score (nSPS) is 10.4. The highest BCUT2D eigenvalue weighted by atomic mass is 16.4. The minimum absolute atomic E-state index is 0.0236. The number of aromatic amines is 1. The molecule has 0 atom stereocenters. The first-order valence-corrected chi connectivity index (χ1v) is 3.98. The fourth-order valence-corrected chi connectivity index (χ4v) is 1.16. The van der Waals surface area contributed by atoms with E-state index in [2.05, 4.69) is 15.1 Å². The molecule has 0 saturated heterocycles. The molecule has 0 aromatic carbocycles. The molecule has 0 amide bonds. The van der Waals surface area contributed by atoms with E-state index in [1.165, 1.54) is 4.68 Å². The predicted molar refractivity (Wildman–Crippen MR) is 47.4 cm³/mol. The first-order valence-electron chi connectivity index (χ1n) is 3.98. The molecular formula is C8H8N4O2. The number of nitrogens with zero attached hydrogens (tertiary/aromatic N) is 3. The van der Waals surface area contributed by atoms with Gasteiger partial charge in [0.1, 0.15) is 0 Å². The second-order valence-electron chi connectivity index (χ2n) is 2.79. The molecule has 0 saturated carbocycles. The highest BCUT2D eigenvalue weighted by Crippen LogP contribution is 2.07. The van der Waals surface area contributed by atoms with Gasteiger partial charge in [-0.15, -0.1) is 0 Å². The van der Waals surface area contributed by atoms with Gasteiger partial charge in [0.05, 0.1) is 0 Å². The molecule has 2 aromatic rings. The van der Waals surface area contributed by atoms with E-state index in [4.69, 9.17) is 5.11 Å². The number of hydrogen-bond acceptors (Lipinski definition) is 3. The molecule has 14 heavy (non-hydrogen) atoms. The molecule has 2 N–H and O–H groups in total.